The molecule has 1 amide bonds. The summed E-state index contributed by atoms with van der Waals surface area (Å²) in [5.41, 5.74) is 1.73. The fraction of sp³-hybridized carbons (Fsp3) is 0.300. The Morgan fingerprint density at radius 3 is 2.71 bits per heavy atom. The van der Waals surface area contributed by atoms with E-state index < -0.39 is 5.97 Å². The summed E-state index contributed by atoms with van der Waals surface area (Å²) < 4.78 is 6.54. The normalized spacial score (nSPS) is 10.9. The van der Waals surface area contributed by atoms with Crippen molar-refractivity contribution in [3.05, 3.63) is 62.5 Å². The lowest BCUT2D eigenvalue weighted by Crippen LogP contribution is -2.23. The van der Waals surface area contributed by atoms with E-state index in [1.54, 1.807) is 46.1 Å². The first kappa shape index (κ1) is 19.8. The summed E-state index contributed by atoms with van der Waals surface area (Å²) in [5, 5.41) is 0.427. The van der Waals surface area contributed by atoms with Gasteiger partial charge in [0.05, 0.1) is 24.9 Å². The number of hydrogen-bond acceptors (Lipinski definition) is 6. The van der Waals surface area contributed by atoms with Gasteiger partial charge in [-0.05, 0) is 37.1 Å². The van der Waals surface area contributed by atoms with Gasteiger partial charge in [0.1, 0.15) is 9.71 Å². The number of carbonyl (C=O) groups excluding carboxylic acids is 2. The molecule has 146 valence electrons. The van der Waals surface area contributed by atoms with Gasteiger partial charge < -0.3 is 9.64 Å². The summed E-state index contributed by atoms with van der Waals surface area (Å²) in [4.78, 5) is 44.0. The number of rotatable bonds is 5. The van der Waals surface area contributed by atoms with Crippen molar-refractivity contribution in [3.63, 3.8) is 0 Å². The van der Waals surface area contributed by atoms with E-state index in [2.05, 4.69) is 4.98 Å². The summed E-state index contributed by atoms with van der Waals surface area (Å²) in [6.07, 6.45) is 1.47. The number of hydrogen-bond donors (Lipinski definition) is 0. The molecule has 0 spiro atoms. The van der Waals surface area contributed by atoms with Gasteiger partial charge in [-0.2, -0.15) is 0 Å². The van der Waals surface area contributed by atoms with Crippen molar-refractivity contribution < 1.29 is 14.3 Å². The van der Waals surface area contributed by atoms with Crippen molar-refractivity contribution in [2.45, 2.75) is 20.4 Å². The van der Waals surface area contributed by atoms with Gasteiger partial charge >= 0.3 is 5.97 Å². The Kier molecular flexibility index (Phi) is 5.60. The highest BCUT2D eigenvalue weighted by Crippen LogP contribution is 2.27. The minimum atomic E-state index is -0.441. The predicted octanol–water partition coefficient (Wildman–Crippen LogP) is 2.69. The summed E-state index contributed by atoms with van der Waals surface area (Å²) in [6.45, 7) is 4.02. The molecule has 2 heterocycles. The fourth-order valence-electron chi connectivity index (χ4n) is 2.92. The lowest BCUT2D eigenvalue weighted by atomic mass is 10.1. The molecule has 0 aliphatic carbocycles. The second-order valence-electron chi connectivity index (χ2n) is 6.53. The maximum Gasteiger partial charge on any atom is 0.348 e. The zero-order valence-electron chi connectivity index (χ0n) is 16.2. The molecule has 0 atom stereocenters. The highest BCUT2D eigenvalue weighted by molar-refractivity contribution is 7.20. The molecule has 0 N–H and O–H groups in total. The zero-order chi connectivity index (χ0) is 20.4. The van der Waals surface area contributed by atoms with Crippen molar-refractivity contribution in [1.82, 2.24) is 14.5 Å². The molecular weight excluding hydrogens is 378 g/mol. The molecule has 0 aliphatic rings. The van der Waals surface area contributed by atoms with E-state index in [9.17, 15) is 14.4 Å². The topological polar surface area (TPSA) is 81.5 Å². The minimum absolute atomic E-state index is 0.101. The van der Waals surface area contributed by atoms with Crippen molar-refractivity contribution in [2.75, 3.05) is 20.7 Å². The molecule has 28 heavy (non-hydrogen) atoms. The van der Waals surface area contributed by atoms with Gasteiger partial charge in [0, 0.05) is 19.7 Å². The molecule has 2 aromatic heterocycles. The second-order valence-corrected chi connectivity index (χ2v) is 7.53. The molecule has 8 heteroatoms. The third-order valence-corrected chi connectivity index (χ3v) is 5.49. The fourth-order valence-corrected chi connectivity index (χ4v) is 3.95. The van der Waals surface area contributed by atoms with Crippen molar-refractivity contribution in [1.29, 1.82) is 0 Å². The van der Waals surface area contributed by atoms with Gasteiger partial charge in [0.15, 0.2) is 0 Å². The van der Waals surface area contributed by atoms with E-state index in [0.29, 0.717) is 26.2 Å². The number of ether oxygens (including phenoxy) is 1. The van der Waals surface area contributed by atoms with Crippen molar-refractivity contribution in [3.8, 4) is 0 Å². The minimum Gasteiger partial charge on any atom is -0.462 e. The van der Waals surface area contributed by atoms with E-state index in [1.807, 2.05) is 6.07 Å². The van der Waals surface area contributed by atoms with Crippen LogP contribution in [-0.4, -0.2) is 47.0 Å². The monoisotopic (exact) mass is 399 g/mol. The van der Waals surface area contributed by atoms with Crippen LogP contribution in [0, 0.1) is 6.92 Å². The molecule has 3 rings (SSSR count). The predicted molar refractivity (Wildman–Crippen MR) is 108 cm³/mol. The molecule has 7 nitrogen and oxygen atoms in total. The molecule has 0 fully saturated rings. The molecule has 0 unspecified atom stereocenters. The van der Waals surface area contributed by atoms with Crippen LogP contribution in [0.25, 0.3) is 10.2 Å². The maximum absolute atomic E-state index is 13.0. The van der Waals surface area contributed by atoms with Gasteiger partial charge in [0.2, 0.25) is 0 Å². The Balaban J connectivity index is 1.99. The average Bonchev–Trinajstić information content (AvgIpc) is 3.01. The summed E-state index contributed by atoms with van der Waals surface area (Å²) in [7, 11) is 3.38. The molecule has 0 saturated carbocycles. The highest BCUT2D eigenvalue weighted by atomic mass is 32.1. The molecule has 0 aliphatic heterocycles. The molecule has 0 radical (unpaired) electrons. The van der Waals surface area contributed by atoms with Crippen LogP contribution in [0.1, 0.15) is 38.1 Å². The third-order valence-electron chi connectivity index (χ3n) is 4.31. The van der Waals surface area contributed by atoms with E-state index in [-0.39, 0.29) is 24.6 Å². The van der Waals surface area contributed by atoms with E-state index >= 15 is 0 Å². The second kappa shape index (κ2) is 7.93. The Bertz CT molecular complexity index is 1110. The van der Waals surface area contributed by atoms with Gasteiger partial charge in [-0.25, -0.2) is 9.78 Å². The number of fused-ring (bicyclic) bond motifs is 1. The molecule has 1 aromatic carbocycles. The van der Waals surface area contributed by atoms with Crippen LogP contribution in [0.2, 0.25) is 0 Å². The van der Waals surface area contributed by atoms with Crippen LogP contribution in [-0.2, 0) is 11.3 Å². The smallest absolute Gasteiger partial charge is 0.348 e. The number of carbonyl (C=O) groups is 2. The average molecular weight is 399 g/mol. The van der Waals surface area contributed by atoms with Gasteiger partial charge in [-0.15, -0.1) is 11.3 Å². The first-order chi connectivity index (χ1) is 13.3. The van der Waals surface area contributed by atoms with Gasteiger partial charge in [-0.1, -0.05) is 12.1 Å². The summed E-state index contributed by atoms with van der Waals surface area (Å²) in [5.74, 6) is -0.542. The number of nitrogens with zero attached hydrogens (tertiary/aromatic N) is 3. The van der Waals surface area contributed by atoms with Crippen molar-refractivity contribution >= 4 is 33.4 Å². The van der Waals surface area contributed by atoms with Crippen LogP contribution < -0.4 is 5.56 Å². The van der Waals surface area contributed by atoms with Crippen molar-refractivity contribution in [2.24, 2.45) is 0 Å². The van der Waals surface area contributed by atoms with E-state index in [4.69, 9.17) is 4.74 Å². The number of benzene rings is 1. The Hall–Kier alpha value is -3.00. The van der Waals surface area contributed by atoms with E-state index in [0.717, 1.165) is 16.9 Å². The van der Waals surface area contributed by atoms with Crippen LogP contribution in [0.4, 0.5) is 0 Å². The van der Waals surface area contributed by atoms with Crippen LogP contribution >= 0.6 is 11.3 Å². The largest absolute Gasteiger partial charge is 0.462 e. The number of esters is 1. The Morgan fingerprint density at radius 1 is 1.29 bits per heavy atom. The number of thiophene rings is 1. The van der Waals surface area contributed by atoms with Crippen LogP contribution in [0.15, 0.2) is 35.4 Å². The summed E-state index contributed by atoms with van der Waals surface area (Å²) in [6, 6.07) is 7.15. The number of aryl methyl sites for hydroxylation is 1. The molecular formula is C20H21N3O4S. The molecule has 0 bridgehead atoms. The zero-order valence-corrected chi connectivity index (χ0v) is 17.0. The number of amides is 1. The van der Waals surface area contributed by atoms with Crippen LogP contribution in [0.5, 0.6) is 0 Å². The lowest BCUT2D eigenvalue weighted by molar-refractivity contribution is 0.0531. The standard InChI is InChI=1S/C20H21N3O4S/c1-5-27-20(26)16-12(2)15-17(28-16)21-11-23(19(15)25)10-13-7-6-8-14(9-13)18(24)22(3)4/h6-9,11H,5,10H2,1-4H3. The first-order valence-corrected chi connectivity index (χ1v) is 9.61. The number of aromatic nitrogens is 2. The Morgan fingerprint density at radius 2 is 2.04 bits per heavy atom. The summed E-state index contributed by atoms with van der Waals surface area (Å²) >= 11 is 1.16. The van der Waals surface area contributed by atoms with Gasteiger partial charge in [0.25, 0.3) is 11.5 Å². The maximum atomic E-state index is 13.0. The van der Waals surface area contributed by atoms with E-state index in [1.165, 1.54) is 15.8 Å². The van der Waals surface area contributed by atoms with Crippen LogP contribution in [0.3, 0.4) is 0 Å². The molecule has 0 saturated heterocycles. The SMILES string of the molecule is CCOC(=O)c1sc2ncn(Cc3cccc(C(=O)N(C)C)c3)c(=O)c2c1C. The quantitative estimate of drug-likeness (QED) is 0.616. The highest BCUT2D eigenvalue weighted by Gasteiger charge is 2.20. The lowest BCUT2D eigenvalue weighted by Gasteiger charge is -2.12. The molecule has 3 aromatic rings. The van der Waals surface area contributed by atoms with Gasteiger partial charge in [-0.3, -0.25) is 14.2 Å². The Labute approximate surface area is 166 Å². The first-order valence-electron chi connectivity index (χ1n) is 8.79. The third kappa shape index (κ3) is 3.68.